The predicted molar refractivity (Wildman–Crippen MR) is 47.6 cm³/mol. The number of ether oxygens (including phenoxy) is 2. The maximum atomic E-state index is 9.66. The molecule has 0 aromatic heterocycles. The van der Waals surface area contributed by atoms with E-state index < -0.39 is 30.6 Å². The molecular formula is C8H17NO5. The molecule has 1 heterocycles. The minimum absolute atomic E-state index is 0.353. The zero-order chi connectivity index (χ0) is 10.7. The molecule has 1 aliphatic heterocycles. The molecule has 0 bridgehead atoms. The standard InChI is InChI=1S/C8H17NO5/c1-9-5-7(12)6(11)4(3-10)14-8(5)13-2/h4-12H,3H2,1-2H3/t4-,5+,6+,7-,8-/m1/s1. The van der Waals surface area contributed by atoms with Gasteiger partial charge >= 0.3 is 0 Å². The van der Waals surface area contributed by atoms with Crippen LogP contribution in [-0.2, 0) is 9.47 Å². The number of likely N-dealkylation sites (N-methyl/N-ethyl adjacent to an activating group) is 1. The zero-order valence-corrected chi connectivity index (χ0v) is 8.25. The molecular weight excluding hydrogens is 190 g/mol. The largest absolute Gasteiger partial charge is 0.394 e. The number of hydrogen-bond donors (Lipinski definition) is 4. The van der Waals surface area contributed by atoms with Gasteiger partial charge in [0.15, 0.2) is 6.29 Å². The first-order chi connectivity index (χ1) is 6.65. The van der Waals surface area contributed by atoms with Crippen molar-refractivity contribution in [2.45, 2.75) is 30.6 Å². The van der Waals surface area contributed by atoms with E-state index in [4.69, 9.17) is 14.6 Å². The molecule has 0 aliphatic carbocycles. The Bertz CT molecular complexity index is 177. The van der Waals surface area contributed by atoms with Crippen molar-refractivity contribution in [1.29, 1.82) is 0 Å². The zero-order valence-electron chi connectivity index (χ0n) is 8.25. The molecule has 84 valence electrons. The lowest BCUT2D eigenvalue weighted by Crippen LogP contribution is -2.63. The molecule has 0 saturated carbocycles. The highest BCUT2D eigenvalue weighted by Gasteiger charge is 2.43. The van der Waals surface area contributed by atoms with E-state index in [2.05, 4.69) is 5.32 Å². The summed E-state index contributed by atoms with van der Waals surface area (Å²) >= 11 is 0. The Balaban J connectivity index is 2.71. The van der Waals surface area contributed by atoms with Crippen LogP contribution in [0.1, 0.15) is 0 Å². The summed E-state index contributed by atoms with van der Waals surface area (Å²) in [6.07, 6.45) is -3.60. The molecule has 0 spiro atoms. The van der Waals surface area contributed by atoms with E-state index in [1.54, 1.807) is 7.05 Å². The molecule has 1 rings (SSSR count). The fourth-order valence-corrected chi connectivity index (χ4v) is 1.59. The second-order valence-electron chi connectivity index (χ2n) is 3.26. The lowest BCUT2D eigenvalue weighted by Gasteiger charge is -2.41. The molecule has 0 amide bonds. The number of aliphatic hydroxyl groups is 3. The van der Waals surface area contributed by atoms with Crippen LogP contribution >= 0.6 is 0 Å². The Labute approximate surface area is 82.4 Å². The van der Waals surface area contributed by atoms with Crippen molar-refractivity contribution in [3.8, 4) is 0 Å². The maximum Gasteiger partial charge on any atom is 0.175 e. The maximum absolute atomic E-state index is 9.66. The molecule has 6 heteroatoms. The summed E-state index contributed by atoms with van der Waals surface area (Å²) in [5.41, 5.74) is 0. The number of nitrogens with one attached hydrogen (secondary N) is 1. The first kappa shape index (κ1) is 11.8. The van der Waals surface area contributed by atoms with Gasteiger partial charge in [0, 0.05) is 7.11 Å². The van der Waals surface area contributed by atoms with Gasteiger partial charge in [0.05, 0.1) is 12.6 Å². The summed E-state index contributed by atoms with van der Waals surface area (Å²) < 4.78 is 10.2. The average molecular weight is 207 g/mol. The van der Waals surface area contributed by atoms with Crippen LogP contribution in [0.25, 0.3) is 0 Å². The minimum Gasteiger partial charge on any atom is -0.394 e. The predicted octanol–water partition coefficient (Wildman–Crippen LogP) is -2.34. The second kappa shape index (κ2) is 5.01. The van der Waals surface area contributed by atoms with Crippen LogP contribution in [0.5, 0.6) is 0 Å². The van der Waals surface area contributed by atoms with Crippen LogP contribution in [0.3, 0.4) is 0 Å². The van der Waals surface area contributed by atoms with Crippen LogP contribution in [0.15, 0.2) is 0 Å². The van der Waals surface area contributed by atoms with Gasteiger partial charge in [-0.2, -0.15) is 0 Å². The lowest BCUT2D eigenvalue weighted by molar-refractivity contribution is -0.262. The van der Waals surface area contributed by atoms with Crippen LogP contribution in [0.4, 0.5) is 0 Å². The van der Waals surface area contributed by atoms with Crippen LogP contribution in [-0.4, -0.2) is 66.7 Å². The molecule has 0 aromatic rings. The molecule has 5 atom stereocenters. The van der Waals surface area contributed by atoms with Crippen LogP contribution in [0.2, 0.25) is 0 Å². The van der Waals surface area contributed by atoms with Crippen molar-refractivity contribution in [2.75, 3.05) is 20.8 Å². The Morgan fingerprint density at radius 3 is 2.43 bits per heavy atom. The van der Waals surface area contributed by atoms with Crippen LogP contribution < -0.4 is 5.32 Å². The van der Waals surface area contributed by atoms with Crippen LogP contribution in [0, 0.1) is 0 Å². The molecule has 1 saturated heterocycles. The van der Waals surface area contributed by atoms with Crippen molar-refractivity contribution >= 4 is 0 Å². The first-order valence-corrected chi connectivity index (χ1v) is 4.48. The van der Waals surface area contributed by atoms with Crippen molar-refractivity contribution in [2.24, 2.45) is 0 Å². The highest BCUT2D eigenvalue weighted by molar-refractivity contribution is 4.92. The van der Waals surface area contributed by atoms with E-state index in [1.165, 1.54) is 7.11 Å². The molecule has 6 nitrogen and oxygen atoms in total. The molecule has 0 unspecified atom stereocenters. The summed E-state index contributed by atoms with van der Waals surface area (Å²) in [6, 6.07) is -0.502. The van der Waals surface area contributed by atoms with Gasteiger partial charge < -0.3 is 30.1 Å². The molecule has 0 radical (unpaired) electrons. The summed E-state index contributed by atoms with van der Waals surface area (Å²) in [5, 5.41) is 30.8. The molecule has 4 N–H and O–H groups in total. The molecule has 0 aromatic carbocycles. The third kappa shape index (κ3) is 2.05. The fourth-order valence-electron chi connectivity index (χ4n) is 1.59. The second-order valence-corrected chi connectivity index (χ2v) is 3.26. The third-order valence-corrected chi connectivity index (χ3v) is 2.45. The highest BCUT2D eigenvalue weighted by atomic mass is 16.7. The summed E-state index contributed by atoms with van der Waals surface area (Å²) in [5.74, 6) is 0. The van der Waals surface area contributed by atoms with E-state index >= 15 is 0 Å². The molecule has 1 fully saturated rings. The van der Waals surface area contributed by atoms with Gasteiger partial charge in [-0.25, -0.2) is 0 Å². The van der Waals surface area contributed by atoms with Gasteiger partial charge in [-0.15, -0.1) is 0 Å². The minimum atomic E-state index is -1.11. The Hall–Kier alpha value is -0.240. The van der Waals surface area contributed by atoms with Crippen molar-refractivity contribution in [3.63, 3.8) is 0 Å². The monoisotopic (exact) mass is 207 g/mol. The van der Waals surface area contributed by atoms with Gasteiger partial charge in [-0.05, 0) is 7.05 Å². The van der Waals surface area contributed by atoms with Gasteiger partial charge in [0.1, 0.15) is 18.3 Å². The topological polar surface area (TPSA) is 91.2 Å². The van der Waals surface area contributed by atoms with Gasteiger partial charge in [-0.1, -0.05) is 0 Å². The van der Waals surface area contributed by atoms with E-state index in [0.717, 1.165) is 0 Å². The Morgan fingerprint density at radius 2 is 2.00 bits per heavy atom. The quantitative estimate of drug-likeness (QED) is 0.414. The number of aliphatic hydroxyl groups excluding tert-OH is 3. The summed E-state index contributed by atoms with van der Waals surface area (Å²) in [7, 11) is 3.07. The SMILES string of the molecule is CN[C@@H]1[C@H](OC)O[C@H](CO)[C@H](O)[C@@H]1O. The van der Waals surface area contributed by atoms with Gasteiger partial charge in [-0.3, -0.25) is 0 Å². The number of rotatable bonds is 3. The Kier molecular flexibility index (Phi) is 4.24. The van der Waals surface area contributed by atoms with E-state index in [1.807, 2.05) is 0 Å². The normalized spacial score (nSPS) is 43.9. The number of hydrogen-bond acceptors (Lipinski definition) is 6. The van der Waals surface area contributed by atoms with Crippen molar-refractivity contribution < 1.29 is 24.8 Å². The smallest absolute Gasteiger partial charge is 0.175 e. The first-order valence-electron chi connectivity index (χ1n) is 4.48. The Morgan fingerprint density at radius 1 is 1.36 bits per heavy atom. The highest BCUT2D eigenvalue weighted by Crippen LogP contribution is 2.21. The summed E-state index contributed by atoms with van der Waals surface area (Å²) in [4.78, 5) is 0. The lowest BCUT2D eigenvalue weighted by atomic mass is 9.97. The van der Waals surface area contributed by atoms with E-state index in [0.29, 0.717) is 0 Å². The van der Waals surface area contributed by atoms with Gasteiger partial charge in [0.25, 0.3) is 0 Å². The average Bonchev–Trinajstić information content (AvgIpc) is 2.21. The van der Waals surface area contributed by atoms with Crippen molar-refractivity contribution in [1.82, 2.24) is 5.32 Å². The third-order valence-electron chi connectivity index (χ3n) is 2.45. The van der Waals surface area contributed by atoms with E-state index in [-0.39, 0.29) is 6.61 Å². The number of methoxy groups -OCH3 is 1. The van der Waals surface area contributed by atoms with Gasteiger partial charge in [0.2, 0.25) is 0 Å². The summed E-state index contributed by atoms with van der Waals surface area (Å²) in [6.45, 7) is -0.353. The van der Waals surface area contributed by atoms with Crippen molar-refractivity contribution in [3.05, 3.63) is 0 Å². The molecule has 1 aliphatic rings. The van der Waals surface area contributed by atoms with E-state index in [9.17, 15) is 10.2 Å². The fraction of sp³-hybridized carbons (Fsp3) is 1.00. The molecule has 14 heavy (non-hydrogen) atoms.